The molecular weight excluding hydrogens is 258 g/mol. The van der Waals surface area contributed by atoms with E-state index in [1.807, 2.05) is 19.1 Å². The largest absolute Gasteiger partial charge is 0.492 e. The first-order valence-electron chi connectivity index (χ1n) is 6.41. The van der Waals surface area contributed by atoms with Gasteiger partial charge < -0.3 is 9.72 Å². The summed E-state index contributed by atoms with van der Waals surface area (Å²) in [5.41, 5.74) is 1.88. The van der Waals surface area contributed by atoms with Crippen molar-refractivity contribution in [3.8, 4) is 17.0 Å². The predicted molar refractivity (Wildman–Crippen MR) is 77.8 cm³/mol. The normalized spacial score (nSPS) is 10.4. The van der Waals surface area contributed by atoms with E-state index >= 15 is 0 Å². The quantitative estimate of drug-likeness (QED) is 0.848. The molecule has 2 rings (SSSR count). The molecule has 2 heterocycles. The second-order valence-corrected chi connectivity index (χ2v) is 4.61. The van der Waals surface area contributed by atoms with Gasteiger partial charge in [0, 0.05) is 18.2 Å². The van der Waals surface area contributed by atoms with Crippen molar-refractivity contribution in [1.29, 1.82) is 0 Å². The van der Waals surface area contributed by atoms with Crippen molar-refractivity contribution >= 4 is 12.2 Å². The van der Waals surface area contributed by atoms with Gasteiger partial charge in [0.2, 0.25) is 0 Å². The van der Waals surface area contributed by atoms with Gasteiger partial charge in [-0.05, 0) is 18.6 Å². The molecule has 2 aromatic heterocycles. The molecule has 0 aromatic carbocycles. The predicted octanol–water partition coefficient (Wildman–Crippen LogP) is 3.55. The molecule has 1 N–H and O–H groups in total. The number of rotatable bonds is 5. The van der Waals surface area contributed by atoms with Crippen LogP contribution in [0.3, 0.4) is 0 Å². The Balaban J connectivity index is 2.35. The Morgan fingerprint density at radius 1 is 1.26 bits per heavy atom. The molecule has 0 atom stereocenters. The Labute approximate surface area is 117 Å². The lowest BCUT2D eigenvalue weighted by atomic mass is 10.2. The molecule has 0 fully saturated rings. The van der Waals surface area contributed by atoms with Gasteiger partial charge in [-0.2, -0.15) is 0 Å². The van der Waals surface area contributed by atoms with Crippen molar-refractivity contribution in [2.75, 3.05) is 6.61 Å². The Bertz CT molecular complexity index is 610. The van der Waals surface area contributed by atoms with E-state index in [0.29, 0.717) is 11.2 Å². The second-order valence-electron chi connectivity index (χ2n) is 4.19. The Kier molecular flexibility index (Phi) is 4.63. The summed E-state index contributed by atoms with van der Waals surface area (Å²) >= 11 is 5.17. The summed E-state index contributed by atoms with van der Waals surface area (Å²) in [5, 5.41) is 0. The molecule has 0 unspecified atom stereocenters. The number of hydrogen-bond donors (Lipinski definition) is 1. The highest BCUT2D eigenvalue weighted by Crippen LogP contribution is 2.21. The van der Waals surface area contributed by atoms with Crippen molar-refractivity contribution in [2.24, 2.45) is 0 Å². The fourth-order valence-corrected chi connectivity index (χ4v) is 1.92. The second kappa shape index (κ2) is 6.43. The Morgan fingerprint density at radius 2 is 2.11 bits per heavy atom. The highest BCUT2D eigenvalue weighted by atomic mass is 32.1. The molecule has 0 radical (unpaired) electrons. The summed E-state index contributed by atoms with van der Waals surface area (Å²) < 4.78 is 6.17. The third kappa shape index (κ3) is 3.61. The van der Waals surface area contributed by atoms with Crippen LogP contribution >= 0.6 is 12.2 Å². The van der Waals surface area contributed by atoms with Crippen LogP contribution in [0.15, 0.2) is 24.5 Å². The Morgan fingerprint density at radius 3 is 2.84 bits per heavy atom. The lowest BCUT2D eigenvalue weighted by molar-refractivity contribution is 0.316. The average molecular weight is 275 g/mol. The monoisotopic (exact) mass is 275 g/mol. The minimum atomic E-state index is 0.588. The first-order chi connectivity index (χ1) is 9.22. The molecule has 2 aromatic rings. The van der Waals surface area contributed by atoms with E-state index in [0.717, 1.165) is 35.7 Å². The molecule has 4 nitrogen and oxygen atoms in total. The molecular formula is C14H17N3OS. The number of hydrogen-bond acceptors (Lipinski definition) is 4. The van der Waals surface area contributed by atoms with Gasteiger partial charge in [-0.1, -0.05) is 26.1 Å². The fourth-order valence-electron chi connectivity index (χ4n) is 1.70. The Hall–Kier alpha value is -1.75. The van der Waals surface area contributed by atoms with Crippen LogP contribution in [0.1, 0.15) is 26.1 Å². The van der Waals surface area contributed by atoms with Gasteiger partial charge in [0.15, 0.2) is 0 Å². The summed E-state index contributed by atoms with van der Waals surface area (Å²) in [6, 6.07) is 3.80. The number of nitrogens with one attached hydrogen (secondary N) is 1. The number of ether oxygens (including phenoxy) is 1. The zero-order valence-electron chi connectivity index (χ0n) is 11.1. The SMILES string of the molecule is CCCOc1cncc(-c2cc(=S)nc(CC)[nH]2)c1. The maximum Gasteiger partial charge on any atom is 0.138 e. The van der Waals surface area contributed by atoms with Crippen LogP contribution in [0.4, 0.5) is 0 Å². The molecule has 0 bridgehead atoms. The first-order valence-corrected chi connectivity index (χ1v) is 6.82. The third-order valence-corrected chi connectivity index (χ3v) is 2.83. The highest BCUT2D eigenvalue weighted by Gasteiger charge is 2.03. The fraction of sp³-hybridized carbons (Fsp3) is 0.357. The van der Waals surface area contributed by atoms with Crippen molar-refractivity contribution in [3.63, 3.8) is 0 Å². The van der Waals surface area contributed by atoms with Gasteiger partial charge >= 0.3 is 0 Å². The zero-order valence-corrected chi connectivity index (χ0v) is 12.0. The molecule has 0 saturated heterocycles. The van der Waals surface area contributed by atoms with Crippen molar-refractivity contribution in [3.05, 3.63) is 35.0 Å². The average Bonchev–Trinajstić information content (AvgIpc) is 2.44. The lowest BCUT2D eigenvalue weighted by Crippen LogP contribution is -1.98. The number of aromatic amines is 1. The molecule has 0 amide bonds. The van der Waals surface area contributed by atoms with E-state index in [1.165, 1.54) is 0 Å². The lowest BCUT2D eigenvalue weighted by Gasteiger charge is -2.07. The maximum absolute atomic E-state index is 5.59. The van der Waals surface area contributed by atoms with Crippen molar-refractivity contribution in [1.82, 2.24) is 15.0 Å². The van der Waals surface area contributed by atoms with Gasteiger partial charge in [-0.25, -0.2) is 4.98 Å². The smallest absolute Gasteiger partial charge is 0.138 e. The minimum absolute atomic E-state index is 0.588. The van der Waals surface area contributed by atoms with E-state index in [9.17, 15) is 0 Å². The molecule has 0 saturated carbocycles. The maximum atomic E-state index is 5.59. The summed E-state index contributed by atoms with van der Waals surface area (Å²) in [6.07, 6.45) is 5.30. The highest BCUT2D eigenvalue weighted by molar-refractivity contribution is 7.71. The summed E-state index contributed by atoms with van der Waals surface area (Å²) in [4.78, 5) is 11.7. The summed E-state index contributed by atoms with van der Waals surface area (Å²) in [6.45, 7) is 4.80. The molecule has 19 heavy (non-hydrogen) atoms. The van der Waals surface area contributed by atoms with Crippen LogP contribution in [0.5, 0.6) is 5.75 Å². The molecule has 0 aliphatic rings. The van der Waals surface area contributed by atoms with E-state index < -0.39 is 0 Å². The third-order valence-electron chi connectivity index (χ3n) is 2.62. The van der Waals surface area contributed by atoms with Gasteiger partial charge in [0.25, 0.3) is 0 Å². The van der Waals surface area contributed by atoms with E-state index in [4.69, 9.17) is 17.0 Å². The van der Waals surface area contributed by atoms with Gasteiger partial charge in [0.1, 0.15) is 16.2 Å². The van der Waals surface area contributed by atoms with Crippen LogP contribution in [0.25, 0.3) is 11.3 Å². The minimum Gasteiger partial charge on any atom is -0.492 e. The van der Waals surface area contributed by atoms with Crippen LogP contribution in [-0.4, -0.2) is 21.6 Å². The summed E-state index contributed by atoms with van der Waals surface area (Å²) in [5.74, 6) is 1.65. The first kappa shape index (κ1) is 13.7. The number of aryl methyl sites for hydroxylation is 1. The van der Waals surface area contributed by atoms with Crippen LogP contribution in [-0.2, 0) is 6.42 Å². The molecule has 0 spiro atoms. The van der Waals surface area contributed by atoms with Crippen LogP contribution in [0, 0.1) is 4.64 Å². The van der Waals surface area contributed by atoms with Crippen molar-refractivity contribution < 1.29 is 4.74 Å². The molecule has 0 aliphatic carbocycles. The van der Waals surface area contributed by atoms with Gasteiger partial charge in [-0.15, -0.1) is 0 Å². The van der Waals surface area contributed by atoms with E-state index in [-0.39, 0.29) is 0 Å². The van der Waals surface area contributed by atoms with Crippen LogP contribution < -0.4 is 4.74 Å². The molecule has 100 valence electrons. The van der Waals surface area contributed by atoms with Crippen molar-refractivity contribution in [2.45, 2.75) is 26.7 Å². The number of aromatic nitrogens is 3. The van der Waals surface area contributed by atoms with Crippen LogP contribution in [0.2, 0.25) is 0 Å². The van der Waals surface area contributed by atoms with Gasteiger partial charge in [-0.3, -0.25) is 4.98 Å². The number of pyridine rings is 1. The topological polar surface area (TPSA) is 50.8 Å². The van der Waals surface area contributed by atoms with E-state index in [2.05, 4.69) is 21.9 Å². The number of nitrogens with zero attached hydrogens (tertiary/aromatic N) is 2. The van der Waals surface area contributed by atoms with Gasteiger partial charge in [0.05, 0.1) is 18.5 Å². The molecule has 5 heteroatoms. The van der Waals surface area contributed by atoms with E-state index in [1.54, 1.807) is 12.4 Å². The molecule has 0 aliphatic heterocycles. The zero-order chi connectivity index (χ0) is 13.7. The number of H-pyrrole nitrogens is 1. The standard InChI is InChI=1S/C14H17N3OS/c1-3-5-18-11-6-10(8-15-9-11)12-7-14(19)17-13(4-2)16-12/h6-9H,3-5H2,1-2H3,(H,16,17,19). The summed E-state index contributed by atoms with van der Waals surface area (Å²) in [7, 11) is 0.